The van der Waals surface area contributed by atoms with E-state index in [4.69, 9.17) is 0 Å². The van der Waals surface area contributed by atoms with Crippen molar-refractivity contribution in [3.8, 4) is 0 Å². The highest BCUT2D eigenvalue weighted by Crippen LogP contribution is 2.25. The molecule has 1 saturated heterocycles. The van der Waals surface area contributed by atoms with Gasteiger partial charge in [-0.15, -0.1) is 0 Å². The second-order valence-corrected chi connectivity index (χ2v) is 5.09. The van der Waals surface area contributed by atoms with Crippen LogP contribution in [-0.2, 0) is 13.7 Å². The maximum absolute atomic E-state index is 9.52. The van der Waals surface area contributed by atoms with Gasteiger partial charge in [0.05, 0.1) is 12.3 Å². The number of hydrogen-bond acceptors (Lipinski definition) is 4. The predicted octanol–water partition coefficient (Wildman–Crippen LogP) is 0.751. The second kappa shape index (κ2) is 5.28. The highest BCUT2D eigenvalue weighted by atomic mass is 16.3. The van der Waals surface area contributed by atoms with Crippen molar-refractivity contribution in [3.05, 3.63) is 11.3 Å². The van der Waals surface area contributed by atoms with Crippen LogP contribution in [0, 0.1) is 6.92 Å². The van der Waals surface area contributed by atoms with E-state index in [9.17, 15) is 5.11 Å². The zero-order chi connectivity index (χ0) is 13.3. The minimum absolute atomic E-state index is 0.0668. The molecule has 0 amide bonds. The Morgan fingerprint density at radius 3 is 2.67 bits per heavy atom. The van der Waals surface area contributed by atoms with E-state index >= 15 is 0 Å². The van der Waals surface area contributed by atoms with Crippen molar-refractivity contribution in [2.24, 2.45) is 7.05 Å². The van der Waals surface area contributed by atoms with E-state index in [0.717, 1.165) is 43.3 Å². The third kappa shape index (κ3) is 2.24. The molecule has 0 bridgehead atoms. The number of aromatic nitrogens is 2. The number of rotatable bonds is 3. The van der Waals surface area contributed by atoms with E-state index in [1.54, 1.807) is 0 Å². The normalized spacial score (nSPS) is 21.6. The first-order valence-corrected chi connectivity index (χ1v) is 6.70. The molecule has 0 saturated carbocycles. The molecule has 5 heteroatoms. The van der Waals surface area contributed by atoms with Crippen molar-refractivity contribution in [2.75, 3.05) is 31.1 Å². The van der Waals surface area contributed by atoms with E-state index in [2.05, 4.69) is 28.7 Å². The smallest absolute Gasteiger partial charge is 0.132 e. The molecule has 0 aliphatic carbocycles. The van der Waals surface area contributed by atoms with Crippen LogP contribution < -0.4 is 4.90 Å². The topological polar surface area (TPSA) is 44.5 Å². The zero-order valence-corrected chi connectivity index (χ0v) is 11.8. The molecule has 1 atom stereocenters. The lowest BCUT2D eigenvalue weighted by atomic mass is 10.1. The van der Waals surface area contributed by atoms with Crippen LogP contribution in [0.15, 0.2) is 0 Å². The summed E-state index contributed by atoms with van der Waals surface area (Å²) in [4.78, 5) is 4.83. The van der Waals surface area contributed by atoms with E-state index in [-0.39, 0.29) is 6.61 Å². The number of aliphatic hydroxyl groups excluding tert-OH is 1. The zero-order valence-electron chi connectivity index (χ0n) is 11.8. The largest absolute Gasteiger partial charge is 0.391 e. The molecule has 0 spiro atoms. The minimum Gasteiger partial charge on any atom is -0.391 e. The molecule has 0 radical (unpaired) electrons. The van der Waals surface area contributed by atoms with Crippen molar-refractivity contribution >= 4 is 5.82 Å². The quantitative estimate of drug-likeness (QED) is 0.862. The fourth-order valence-electron chi connectivity index (χ4n) is 2.93. The van der Waals surface area contributed by atoms with Crippen molar-refractivity contribution in [2.45, 2.75) is 33.4 Å². The molecular formula is C13H24N4O. The van der Waals surface area contributed by atoms with Crippen LogP contribution in [-0.4, -0.2) is 52.0 Å². The van der Waals surface area contributed by atoms with Crippen LogP contribution in [0.5, 0.6) is 0 Å². The molecule has 1 aliphatic rings. The van der Waals surface area contributed by atoms with Gasteiger partial charge in [-0.05, 0) is 20.4 Å². The molecule has 102 valence electrons. The standard InChI is InChI=1S/C13H24N4O/c1-5-16-6-7-17(8-10(16)2)13-12(9-18)11(3)14-15(13)4/h10,18H,5-9H2,1-4H3. The summed E-state index contributed by atoms with van der Waals surface area (Å²) in [5.41, 5.74) is 1.90. The first-order valence-electron chi connectivity index (χ1n) is 6.70. The lowest BCUT2D eigenvalue weighted by molar-refractivity contribution is 0.198. The molecule has 1 N–H and O–H groups in total. The molecule has 1 aromatic rings. The van der Waals surface area contributed by atoms with E-state index in [1.165, 1.54) is 0 Å². The molecule has 1 unspecified atom stereocenters. The number of hydrogen-bond donors (Lipinski definition) is 1. The first-order chi connectivity index (χ1) is 8.58. The van der Waals surface area contributed by atoms with E-state index < -0.39 is 0 Å². The Balaban J connectivity index is 2.23. The summed E-state index contributed by atoms with van der Waals surface area (Å²) in [6, 6.07) is 0.547. The van der Waals surface area contributed by atoms with Gasteiger partial charge in [-0.2, -0.15) is 5.10 Å². The average molecular weight is 252 g/mol. The summed E-state index contributed by atoms with van der Waals surface area (Å²) in [5, 5.41) is 13.9. The van der Waals surface area contributed by atoms with Crippen molar-refractivity contribution in [1.82, 2.24) is 14.7 Å². The van der Waals surface area contributed by atoms with Crippen LogP contribution in [0.2, 0.25) is 0 Å². The van der Waals surface area contributed by atoms with Crippen molar-refractivity contribution in [1.29, 1.82) is 0 Å². The highest BCUT2D eigenvalue weighted by molar-refractivity contribution is 5.50. The van der Waals surface area contributed by atoms with Crippen molar-refractivity contribution in [3.63, 3.8) is 0 Å². The highest BCUT2D eigenvalue weighted by Gasteiger charge is 2.26. The summed E-state index contributed by atoms with van der Waals surface area (Å²) < 4.78 is 1.90. The predicted molar refractivity (Wildman–Crippen MR) is 72.8 cm³/mol. The number of nitrogens with zero attached hydrogens (tertiary/aromatic N) is 4. The second-order valence-electron chi connectivity index (χ2n) is 5.09. The Hall–Kier alpha value is -1.07. The number of aliphatic hydroxyl groups is 1. The molecule has 5 nitrogen and oxygen atoms in total. The fraction of sp³-hybridized carbons (Fsp3) is 0.769. The minimum atomic E-state index is 0.0668. The molecule has 1 aromatic heterocycles. The van der Waals surface area contributed by atoms with Gasteiger partial charge in [-0.25, -0.2) is 0 Å². The number of likely N-dealkylation sites (N-methyl/N-ethyl adjacent to an activating group) is 1. The number of anilines is 1. The molecular weight excluding hydrogens is 228 g/mol. The van der Waals surface area contributed by atoms with Crippen LogP contribution in [0.3, 0.4) is 0 Å². The first kappa shape index (κ1) is 13.4. The molecule has 2 rings (SSSR count). The van der Waals surface area contributed by atoms with E-state index in [1.807, 2.05) is 18.7 Å². The molecule has 1 fully saturated rings. The van der Waals surface area contributed by atoms with Crippen LogP contribution >= 0.6 is 0 Å². The summed E-state index contributed by atoms with van der Waals surface area (Å²) in [5.74, 6) is 1.08. The Morgan fingerprint density at radius 1 is 1.39 bits per heavy atom. The van der Waals surface area contributed by atoms with Crippen LogP contribution in [0.25, 0.3) is 0 Å². The number of piperazine rings is 1. The average Bonchev–Trinajstić information content (AvgIpc) is 2.63. The summed E-state index contributed by atoms with van der Waals surface area (Å²) in [6.07, 6.45) is 0. The van der Waals surface area contributed by atoms with Gasteiger partial charge >= 0.3 is 0 Å². The Labute approximate surface area is 109 Å². The number of aryl methyl sites for hydroxylation is 2. The Morgan fingerprint density at radius 2 is 2.11 bits per heavy atom. The Kier molecular flexibility index (Phi) is 3.92. The van der Waals surface area contributed by atoms with Gasteiger partial charge in [0.15, 0.2) is 0 Å². The van der Waals surface area contributed by atoms with Crippen LogP contribution in [0.1, 0.15) is 25.1 Å². The third-order valence-electron chi connectivity index (χ3n) is 3.94. The lowest BCUT2D eigenvalue weighted by Gasteiger charge is -2.40. The fourth-order valence-corrected chi connectivity index (χ4v) is 2.93. The van der Waals surface area contributed by atoms with Gasteiger partial charge in [0.25, 0.3) is 0 Å². The molecule has 1 aliphatic heterocycles. The third-order valence-corrected chi connectivity index (χ3v) is 3.94. The molecule has 18 heavy (non-hydrogen) atoms. The summed E-state index contributed by atoms with van der Waals surface area (Å²) in [6.45, 7) is 10.7. The van der Waals surface area contributed by atoms with Crippen molar-refractivity contribution < 1.29 is 5.11 Å². The van der Waals surface area contributed by atoms with E-state index in [0.29, 0.717) is 6.04 Å². The lowest BCUT2D eigenvalue weighted by Crippen LogP contribution is -2.52. The Bertz CT molecular complexity index is 415. The summed E-state index contributed by atoms with van der Waals surface area (Å²) >= 11 is 0. The van der Waals surface area contributed by atoms with Gasteiger partial charge in [-0.1, -0.05) is 6.92 Å². The van der Waals surface area contributed by atoms with Gasteiger partial charge in [-0.3, -0.25) is 9.58 Å². The van der Waals surface area contributed by atoms with Gasteiger partial charge < -0.3 is 10.0 Å². The van der Waals surface area contributed by atoms with Gasteiger partial charge in [0.1, 0.15) is 5.82 Å². The summed E-state index contributed by atoms with van der Waals surface area (Å²) in [7, 11) is 1.96. The van der Waals surface area contributed by atoms with Gasteiger partial charge in [0.2, 0.25) is 0 Å². The maximum atomic E-state index is 9.52. The molecule has 2 heterocycles. The monoisotopic (exact) mass is 252 g/mol. The maximum Gasteiger partial charge on any atom is 0.132 e. The molecule has 0 aromatic carbocycles. The van der Waals surface area contributed by atoms with Crippen LogP contribution in [0.4, 0.5) is 5.82 Å². The van der Waals surface area contributed by atoms with Gasteiger partial charge in [0, 0.05) is 38.3 Å². The SMILES string of the molecule is CCN1CCN(c2c(CO)c(C)nn2C)CC1C.